The molecule has 1 fully saturated rings. The Labute approximate surface area is 145 Å². The highest BCUT2D eigenvalue weighted by atomic mass is 16.5. The number of ether oxygens (including phenoxy) is 2. The normalized spacial score (nSPS) is 15.8. The van der Waals surface area contributed by atoms with Gasteiger partial charge in [-0.15, -0.1) is 0 Å². The monoisotopic (exact) mass is 341 g/mol. The highest BCUT2D eigenvalue weighted by Crippen LogP contribution is 2.48. The van der Waals surface area contributed by atoms with E-state index in [1.807, 2.05) is 18.2 Å². The first-order chi connectivity index (χ1) is 12.2. The first-order valence-corrected chi connectivity index (χ1v) is 8.17. The maximum absolute atomic E-state index is 5.45. The molecular formula is C18H19N3O4. The van der Waals surface area contributed by atoms with Gasteiger partial charge >= 0.3 is 0 Å². The molecule has 1 aliphatic carbocycles. The van der Waals surface area contributed by atoms with Gasteiger partial charge in [-0.3, -0.25) is 0 Å². The van der Waals surface area contributed by atoms with E-state index in [4.69, 9.17) is 18.4 Å². The van der Waals surface area contributed by atoms with Gasteiger partial charge < -0.3 is 18.4 Å². The topological polar surface area (TPSA) is 83.4 Å². The van der Waals surface area contributed by atoms with Crippen molar-refractivity contribution in [1.29, 1.82) is 0 Å². The maximum Gasteiger partial charge on any atom is 0.279 e. The average Bonchev–Trinajstić information content (AvgIpc) is 3.24. The van der Waals surface area contributed by atoms with E-state index in [-0.39, 0.29) is 5.41 Å². The number of aromatic nitrogens is 3. The highest BCUT2D eigenvalue weighted by Gasteiger charge is 2.44. The van der Waals surface area contributed by atoms with Crippen molar-refractivity contribution in [1.82, 2.24) is 15.1 Å². The Kier molecular flexibility index (Phi) is 4.01. The molecule has 0 spiro atoms. The second kappa shape index (κ2) is 6.33. The van der Waals surface area contributed by atoms with E-state index in [1.54, 1.807) is 14.2 Å². The summed E-state index contributed by atoms with van der Waals surface area (Å²) in [6.45, 7) is 0.300. The molecule has 1 aliphatic rings. The van der Waals surface area contributed by atoms with E-state index in [9.17, 15) is 0 Å². The molecule has 0 unspecified atom stereocenters. The largest absolute Gasteiger partial charge is 0.497 e. The van der Waals surface area contributed by atoms with Crippen LogP contribution in [0.15, 0.2) is 39.5 Å². The molecule has 0 saturated heterocycles. The maximum atomic E-state index is 5.45. The molecule has 7 heteroatoms. The van der Waals surface area contributed by atoms with Crippen molar-refractivity contribution in [2.45, 2.75) is 31.3 Å². The van der Waals surface area contributed by atoms with Crippen LogP contribution in [0.3, 0.4) is 0 Å². The van der Waals surface area contributed by atoms with Crippen molar-refractivity contribution in [2.24, 2.45) is 0 Å². The minimum Gasteiger partial charge on any atom is -0.497 e. The average molecular weight is 341 g/mol. The zero-order valence-corrected chi connectivity index (χ0v) is 14.2. The summed E-state index contributed by atoms with van der Waals surface area (Å²) in [7, 11) is 3.25. The van der Waals surface area contributed by atoms with Gasteiger partial charge in [0, 0.05) is 7.11 Å². The molecule has 3 aromatic rings. The summed E-state index contributed by atoms with van der Waals surface area (Å²) in [5.74, 6) is 2.34. The van der Waals surface area contributed by atoms with Crippen LogP contribution >= 0.6 is 0 Å². The third kappa shape index (κ3) is 2.70. The van der Waals surface area contributed by atoms with Gasteiger partial charge in [0.25, 0.3) is 5.89 Å². The number of hydrogen-bond acceptors (Lipinski definition) is 7. The van der Waals surface area contributed by atoms with Crippen molar-refractivity contribution < 1.29 is 18.4 Å². The van der Waals surface area contributed by atoms with E-state index in [2.05, 4.69) is 21.2 Å². The van der Waals surface area contributed by atoms with Crippen LogP contribution in [0.4, 0.5) is 0 Å². The molecule has 2 heterocycles. The van der Waals surface area contributed by atoms with Crippen molar-refractivity contribution in [3.8, 4) is 17.3 Å². The van der Waals surface area contributed by atoms with E-state index < -0.39 is 0 Å². The van der Waals surface area contributed by atoms with Crippen LogP contribution in [0.2, 0.25) is 0 Å². The smallest absolute Gasteiger partial charge is 0.279 e. The van der Waals surface area contributed by atoms with Gasteiger partial charge in [0.1, 0.15) is 18.6 Å². The molecule has 4 rings (SSSR count). The van der Waals surface area contributed by atoms with Crippen molar-refractivity contribution >= 4 is 0 Å². The molecule has 2 aromatic heterocycles. The second-order valence-electron chi connectivity index (χ2n) is 6.15. The van der Waals surface area contributed by atoms with Crippen molar-refractivity contribution in [3.05, 3.63) is 47.8 Å². The number of benzene rings is 1. The SMILES string of the molecule is COCc1nc(-c2nc(C3(c4cccc(OC)c4)CCC3)no2)co1. The Morgan fingerprint density at radius 2 is 2.08 bits per heavy atom. The van der Waals surface area contributed by atoms with Gasteiger partial charge in [-0.05, 0) is 30.5 Å². The summed E-state index contributed by atoms with van der Waals surface area (Å²) in [5.41, 5.74) is 1.44. The molecule has 1 saturated carbocycles. The summed E-state index contributed by atoms with van der Waals surface area (Å²) >= 11 is 0. The lowest BCUT2D eigenvalue weighted by molar-refractivity contribution is 0.159. The van der Waals surface area contributed by atoms with Crippen molar-refractivity contribution in [2.75, 3.05) is 14.2 Å². The highest BCUT2D eigenvalue weighted by molar-refractivity contribution is 5.46. The molecule has 1 aromatic carbocycles. The number of rotatable bonds is 6. The number of oxazole rings is 1. The lowest BCUT2D eigenvalue weighted by atomic mass is 9.64. The summed E-state index contributed by atoms with van der Waals surface area (Å²) in [4.78, 5) is 8.90. The number of methoxy groups -OCH3 is 2. The second-order valence-corrected chi connectivity index (χ2v) is 6.15. The summed E-state index contributed by atoms with van der Waals surface area (Å²) in [6, 6.07) is 8.06. The van der Waals surface area contributed by atoms with Crippen LogP contribution in [0, 0.1) is 0 Å². The molecule has 7 nitrogen and oxygen atoms in total. The van der Waals surface area contributed by atoms with E-state index in [1.165, 1.54) is 6.26 Å². The van der Waals surface area contributed by atoms with Crippen LogP contribution in [0.1, 0.15) is 36.5 Å². The lowest BCUT2D eigenvalue weighted by Crippen LogP contribution is -2.36. The van der Waals surface area contributed by atoms with Crippen LogP contribution in [-0.4, -0.2) is 29.3 Å². The molecular weight excluding hydrogens is 322 g/mol. The van der Waals surface area contributed by atoms with Gasteiger partial charge in [0.2, 0.25) is 5.89 Å². The molecule has 0 amide bonds. The van der Waals surface area contributed by atoms with E-state index in [0.717, 1.165) is 30.6 Å². The predicted molar refractivity (Wildman–Crippen MR) is 88.1 cm³/mol. The fraction of sp³-hybridized carbons (Fsp3) is 0.389. The lowest BCUT2D eigenvalue weighted by Gasteiger charge is -2.39. The Bertz CT molecular complexity index is 867. The summed E-state index contributed by atoms with van der Waals surface area (Å²) in [5, 5.41) is 4.23. The molecule has 0 bridgehead atoms. The third-order valence-electron chi connectivity index (χ3n) is 4.72. The third-order valence-corrected chi connectivity index (χ3v) is 4.72. The summed E-state index contributed by atoms with van der Waals surface area (Å²) < 4.78 is 21.1. The first kappa shape index (κ1) is 15.8. The fourth-order valence-corrected chi connectivity index (χ4v) is 3.21. The van der Waals surface area contributed by atoms with Gasteiger partial charge in [0.05, 0.1) is 12.5 Å². The number of nitrogens with zero attached hydrogens (tertiary/aromatic N) is 3. The van der Waals surface area contributed by atoms with Crippen LogP contribution in [0.5, 0.6) is 5.75 Å². The molecule has 25 heavy (non-hydrogen) atoms. The van der Waals surface area contributed by atoms with Crippen molar-refractivity contribution in [3.63, 3.8) is 0 Å². The fourth-order valence-electron chi connectivity index (χ4n) is 3.21. The van der Waals surface area contributed by atoms with Gasteiger partial charge in [-0.2, -0.15) is 4.98 Å². The molecule has 0 N–H and O–H groups in total. The Morgan fingerprint density at radius 1 is 1.20 bits per heavy atom. The van der Waals surface area contributed by atoms with Crippen LogP contribution in [0.25, 0.3) is 11.6 Å². The summed E-state index contributed by atoms with van der Waals surface area (Å²) in [6.07, 6.45) is 4.59. The standard InChI is InChI=1S/C18H19N3O4/c1-22-11-15-19-14(10-24-15)16-20-17(21-25-16)18(7-4-8-18)12-5-3-6-13(9-12)23-2/h3,5-6,9-10H,4,7-8,11H2,1-2H3. The first-order valence-electron chi connectivity index (χ1n) is 8.17. The minimum atomic E-state index is -0.227. The zero-order valence-electron chi connectivity index (χ0n) is 14.2. The Morgan fingerprint density at radius 3 is 2.80 bits per heavy atom. The van der Waals surface area contributed by atoms with Gasteiger partial charge in [0.15, 0.2) is 11.5 Å². The Balaban J connectivity index is 1.67. The molecule has 130 valence electrons. The predicted octanol–water partition coefficient (Wildman–Crippen LogP) is 3.35. The Hall–Kier alpha value is -2.67. The molecule has 0 radical (unpaired) electrons. The van der Waals surface area contributed by atoms with E-state index in [0.29, 0.717) is 29.9 Å². The van der Waals surface area contributed by atoms with Crippen LogP contribution in [-0.2, 0) is 16.8 Å². The van der Waals surface area contributed by atoms with Gasteiger partial charge in [-0.1, -0.05) is 23.7 Å². The van der Waals surface area contributed by atoms with Gasteiger partial charge in [-0.25, -0.2) is 4.98 Å². The zero-order chi connectivity index (χ0) is 17.3. The minimum absolute atomic E-state index is 0.227. The van der Waals surface area contributed by atoms with E-state index >= 15 is 0 Å². The quantitative estimate of drug-likeness (QED) is 0.680. The number of hydrogen-bond donors (Lipinski definition) is 0. The van der Waals surface area contributed by atoms with Crippen LogP contribution < -0.4 is 4.74 Å². The molecule has 0 atom stereocenters. The molecule has 0 aliphatic heterocycles.